The summed E-state index contributed by atoms with van der Waals surface area (Å²) in [5.41, 5.74) is -0.382. The van der Waals surface area contributed by atoms with Crippen LogP contribution in [0.25, 0.3) is 0 Å². The van der Waals surface area contributed by atoms with E-state index in [-0.39, 0.29) is 12.2 Å². The van der Waals surface area contributed by atoms with E-state index in [1.165, 1.54) is 42.5 Å². The second-order valence-electron chi connectivity index (χ2n) is 6.76. The molecule has 1 N–H and O–H groups in total. The Morgan fingerprint density at radius 1 is 1.18 bits per heavy atom. The van der Waals surface area contributed by atoms with E-state index in [2.05, 4.69) is 5.32 Å². The number of rotatable bonds is 7. The van der Waals surface area contributed by atoms with E-state index in [1.54, 1.807) is 6.07 Å². The third kappa shape index (κ3) is 3.58. The number of urea groups is 1. The molecule has 0 spiro atoms. The van der Waals surface area contributed by atoms with E-state index in [4.69, 9.17) is 0 Å². The summed E-state index contributed by atoms with van der Waals surface area (Å²) in [4.78, 5) is 37.4. The minimum atomic E-state index is -1.26. The first-order valence-corrected chi connectivity index (χ1v) is 9.01. The summed E-state index contributed by atoms with van der Waals surface area (Å²) in [6.45, 7) is 1.89. The first kappa shape index (κ1) is 19.5. The number of benzene rings is 2. The van der Waals surface area contributed by atoms with Crippen molar-refractivity contribution in [1.82, 2.24) is 10.2 Å². The van der Waals surface area contributed by atoms with Crippen LogP contribution in [0.2, 0.25) is 0 Å². The third-order valence-corrected chi connectivity index (χ3v) is 4.88. The van der Waals surface area contributed by atoms with E-state index >= 15 is 0 Å². The van der Waals surface area contributed by atoms with Gasteiger partial charge in [0.15, 0.2) is 0 Å². The van der Waals surface area contributed by atoms with Crippen molar-refractivity contribution in [1.29, 1.82) is 0 Å². The topological polar surface area (TPSA) is 92.6 Å². The van der Waals surface area contributed by atoms with Crippen molar-refractivity contribution in [2.45, 2.75) is 38.3 Å². The number of nitro groups is 1. The van der Waals surface area contributed by atoms with Crippen molar-refractivity contribution >= 4 is 17.6 Å². The Kier molecular flexibility index (Phi) is 5.39. The smallest absolute Gasteiger partial charge is 0.319 e. The van der Waals surface area contributed by atoms with Crippen LogP contribution in [0, 0.1) is 15.9 Å². The number of carbonyl (C=O) groups is 2. The molecule has 1 heterocycles. The molecule has 28 heavy (non-hydrogen) atoms. The summed E-state index contributed by atoms with van der Waals surface area (Å²) < 4.78 is 13.4. The van der Waals surface area contributed by atoms with Gasteiger partial charge in [0.25, 0.3) is 11.6 Å². The number of imide groups is 1. The summed E-state index contributed by atoms with van der Waals surface area (Å²) in [6.07, 6.45) is 1.89. The molecule has 1 saturated heterocycles. The van der Waals surface area contributed by atoms with Crippen LogP contribution < -0.4 is 5.32 Å². The molecule has 0 aliphatic carbocycles. The van der Waals surface area contributed by atoms with Crippen LogP contribution in [0.5, 0.6) is 0 Å². The lowest BCUT2D eigenvalue weighted by Gasteiger charge is -2.27. The highest BCUT2D eigenvalue weighted by Crippen LogP contribution is 2.35. The normalized spacial score (nSPS) is 19.0. The number of halogens is 1. The zero-order valence-electron chi connectivity index (χ0n) is 15.4. The Labute approximate surface area is 161 Å². The van der Waals surface area contributed by atoms with Gasteiger partial charge in [0.05, 0.1) is 11.5 Å². The standard InChI is InChI=1S/C20H20FN3O4/c1-2-3-11-20(15-7-9-16(21)10-8-15)18(25)23(19(26)22-20)13-14-5-4-6-17(12-14)24(27)28/h4-10,12H,2-3,11,13H2,1H3,(H,22,26). The van der Waals surface area contributed by atoms with Gasteiger partial charge in [-0.05, 0) is 29.7 Å². The van der Waals surface area contributed by atoms with E-state index in [0.717, 1.165) is 11.3 Å². The van der Waals surface area contributed by atoms with Gasteiger partial charge in [-0.1, -0.05) is 44.0 Å². The molecule has 2 aromatic carbocycles. The monoisotopic (exact) mass is 385 g/mol. The molecule has 1 aliphatic rings. The molecule has 3 amide bonds. The number of carbonyl (C=O) groups excluding carboxylic acids is 2. The van der Waals surface area contributed by atoms with Crippen molar-refractivity contribution in [2.75, 3.05) is 0 Å². The molecular formula is C20H20FN3O4. The Morgan fingerprint density at radius 3 is 2.54 bits per heavy atom. The summed E-state index contributed by atoms with van der Waals surface area (Å²) in [5.74, 6) is -0.872. The zero-order valence-corrected chi connectivity index (χ0v) is 15.4. The van der Waals surface area contributed by atoms with Crippen LogP contribution in [-0.4, -0.2) is 21.8 Å². The predicted molar refractivity (Wildman–Crippen MR) is 99.8 cm³/mol. The molecule has 0 aromatic heterocycles. The fraction of sp³-hybridized carbons (Fsp3) is 0.300. The highest BCUT2D eigenvalue weighted by Gasteiger charge is 2.51. The van der Waals surface area contributed by atoms with Crippen LogP contribution in [0.1, 0.15) is 37.3 Å². The molecule has 1 fully saturated rings. The Morgan fingerprint density at radius 2 is 1.89 bits per heavy atom. The van der Waals surface area contributed by atoms with Crippen LogP contribution in [-0.2, 0) is 16.9 Å². The van der Waals surface area contributed by atoms with Gasteiger partial charge >= 0.3 is 6.03 Å². The molecule has 146 valence electrons. The fourth-order valence-electron chi connectivity index (χ4n) is 3.41. The maximum absolute atomic E-state index is 13.4. The van der Waals surface area contributed by atoms with Crippen LogP contribution >= 0.6 is 0 Å². The number of nitro benzene ring substituents is 1. The number of nitrogens with zero attached hydrogens (tertiary/aromatic N) is 2. The number of hydrogen-bond acceptors (Lipinski definition) is 4. The molecule has 2 aromatic rings. The van der Waals surface area contributed by atoms with Gasteiger partial charge in [0.2, 0.25) is 0 Å². The van der Waals surface area contributed by atoms with E-state index in [0.29, 0.717) is 24.0 Å². The maximum Gasteiger partial charge on any atom is 0.325 e. The van der Waals surface area contributed by atoms with Gasteiger partial charge in [-0.3, -0.25) is 19.8 Å². The summed E-state index contributed by atoms with van der Waals surface area (Å²) >= 11 is 0. The highest BCUT2D eigenvalue weighted by molar-refractivity contribution is 6.07. The molecule has 3 rings (SSSR count). The van der Waals surface area contributed by atoms with Gasteiger partial charge in [-0.25, -0.2) is 9.18 Å². The predicted octanol–water partition coefficient (Wildman–Crippen LogP) is 3.87. The lowest BCUT2D eigenvalue weighted by molar-refractivity contribution is -0.384. The second-order valence-corrected chi connectivity index (χ2v) is 6.76. The fourth-order valence-corrected chi connectivity index (χ4v) is 3.41. The molecule has 1 unspecified atom stereocenters. The average molecular weight is 385 g/mol. The number of amides is 3. The van der Waals surface area contributed by atoms with Crippen molar-refractivity contribution in [2.24, 2.45) is 0 Å². The first-order valence-electron chi connectivity index (χ1n) is 9.01. The largest absolute Gasteiger partial charge is 0.325 e. The number of unbranched alkanes of at least 4 members (excludes halogenated alkanes) is 1. The number of nitrogens with one attached hydrogen (secondary N) is 1. The molecule has 7 nitrogen and oxygen atoms in total. The number of non-ortho nitro benzene ring substituents is 1. The van der Waals surface area contributed by atoms with E-state index < -0.39 is 28.2 Å². The van der Waals surface area contributed by atoms with Gasteiger partial charge in [-0.15, -0.1) is 0 Å². The van der Waals surface area contributed by atoms with Gasteiger partial charge in [0, 0.05) is 12.1 Å². The summed E-state index contributed by atoms with van der Waals surface area (Å²) in [6, 6.07) is 10.8. The van der Waals surface area contributed by atoms with Gasteiger partial charge in [0.1, 0.15) is 11.4 Å². The minimum Gasteiger partial charge on any atom is -0.319 e. The van der Waals surface area contributed by atoms with Crippen molar-refractivity contribution < 1.29 is 18.9 Å². The maximum atomic E-state index is 13.4. The molecule has 0 radical (unpaired) electrons. The highest BCUT2D eigenvalue weighted by atomic mass is 19.1. The molecule has 0 saturated carbocycles. The van der Waals surface area contributed by atoms with E-state index in [9.17, 15) is 24.1 Å². The van der Waals surface area contributed by atoms with Crippen LogP contribution in [0.3, 0.4) is 0 Å². The first-order chi connectivity index (χ1) is 13.4. The quantitative estimate of drug-likeness (QED) is 0.445. The summed E-state index contributed by atoms with van der Waals surface area (Å²) in [7, 11) is 0. The second kappa shape index (κ2) is 7.75. The molecule has 8 heteroatoms. The van der Waals surface area contributed by atoms with Crippen molar-refractivity contribution in [3.8, 4) is 0 Å². The van der Waals surface area contributed by atoms with E-state index in [1.807, 2.05) is 6.92 Å². The van der Waals surface area contributed by atoms with Crippen molar-refractivity contribution in [3.05, 3.63) is 75.6 Å². The van der Waals surface area contributed by atoms with Crippen molar-refractivity contribution in [3.63, 3.8) is 0 Å². The Bertz CT molecular complexity index is 916. The zero-order chi connectivity index (χ0) is 20.3. The lowest BCUT2D eigenvalue weighted by Crippen LogP contribution is -2.44. The lowest BCUT2D eigenvalue weighted by atomic mass is 9.84. The Balaban J connectivity index is 1.93. The van der Waals surface area contributed by atoms with Crippen LogP contribution in [0.4, 0.5) is 14.9 Å². The minimum absolute atomic E-state index is 0.0819. The van der Waals surface area contributed by atoms with Crippen LogP contribution in [0.15, 0.2) is 48.5 Å². The number of hydrogen-bond donors (Lipinski definition) is 1. The van der Waals surface area contributed by atoms with Gasteiger partial charge < -0.3 is 5.32 Å². The average Bonchev–Trinajstić information content (AvgIpc) is 2.92. The molecule has 1 aliphatic heterocycles. The third-order valence-electron chi connectivity index (χ3n) is 4.88. The summed E-state index contributed by atoms with van der Waals surface area (Å²) in [5, 5.41) is 13.7. The molecule has 0 bridgehead atoms. The Hall–Kier alpha value is -3.29. The SMILES string of the molecule is CCCCC1(c2ccc(F)cc2)NC(=O)N(Cc2cccc([N+](=O)[O-])c2)C1=O. The molecule has 1 atom stereocenters. The van der Waals surface area contributed by atoms with Gasteiger partial charge in [-0.2, -0.15) is 0 Å². The molecular weight excluding hydrogens is 365 g/mol.